The summed E-state index contributed by atoms with van der Waals surface area (Å²) in [7, 11) is 0. The summed E-state index contributed by atoms with van der Waals surface area (Å²) in [4.78, 5) is 10.9. The molecule has 8 heteroatoms. The van der Waals surface area contributed by atoms with Gasteiger partial charge in [-0.15, -0.1) is 0 Å². The molecule has 0 aliphatic rings. The summed E-state index contributed by atoms with van der Waals surface area (Å²) >= 11 is 5.56. The van der Waals surface area contributed by atoms with Crippen molar-refractivity contribution in [2.75, 3.05) is 11.1 Å². The minimum atomic E-state index is -0.770. The smallest absolute Gasteiger partial charge is 0.233 e. The van der Waals surface area contributed by atoms with Gasteiger partial charge in [0.1, 0.15) is 11.5 Å². The molecule has 0 fully saturated rings. The highest BCUT2D eigenvalue weighted by atomic mass is 35.5. The summed E-state index contributed by atoms with van der Waals surface area (Å²) in [5, 5.41) is 2.22. The summed E-state index contributed by atoms with van der Waals surface area (Å²) < 4.78 is 27.2. The van der Waals surface area contributed by atoms with E-state index in [1.807, 2.05) is 0 Å². The van der Waals surface area contributed by atoms with Crippen LogP contribution in [0.1, 0.15) is 5.56 Å². The average Bonchev–Trinajstić information content (AvgIpc) is 2.28. The van der Waals surface area contributed by atoms with Crippen molar-refractivity contribution >= 4 is 29.2 Å². The predicted octanol–water partition coefficient (Wildman–Crippen LogP) is 2.44. The van der Waals surface area contributed by atoms with Gasteiger partial charge in [0.2, 0.25) is 17.2 Å². The first-order chi connectivity index (χ1) is 8.47. The van der Waals surface area contributed by atoms with Crippen LogP contribution >= 0.6 is 11.6 Å². The Balaban J connectivity index is 2.42. The normalized spacial score (nSPS) is 10.4. The number of nitrogens with one attached hydrogen (secondary N) is 1. The number of hydrogen-bond acceptors (Lipinski definition) is 5. The van der Waals surface area contributed by atoms with Crippen LogP contribution in [0.2, 0.25) is 5.28 Å². The molecule has 0 aliphatic heterocycles. The summed E-state index contributed by atoms with van der Waals surface area (Å²) in [6.07, 6.45) is 0. The second-order valence-corrected chi connectivity index (χ2v) is 3.80. The fourth-order valence-corrected chi connectivity index (χ4v) is 1.47. The van der Waals surface area contributed by atoms with E-state index in [2.05, 4.69) is 20.3 Å². The third-order valence-corrected chi connectivity index (χ3v) is 2.32. The van der Waals surface area contributed by atoms with Gasteiger partial charge in [0, 0.05) is 0 Å². The van der Waals surface area contributed by atoms with Crippen molar-refractivity contribution in [2.45, 2.75) is 6.92 Å². The van der Waals surface area contributed by atoms with Crippen LogP contribution < -0.4 is 11.1 Å². The van der Waals surface area contributed by atoms with Gasteiger partial charge in [-0.25, -0.2) is 8.78 Å². The molecule has 0 unspecified atom stereocenters. The van der Waals surface area contributed by atoms with E-state index >= 15 is 0 Å². The van der Waals surface area contributed by atoms with Crippen molar-refractivity contribution in [3.05, 3.63) is 34.6 Å². The van der Waals surface area contributed by atoms with E-state index in [1.54, 1.807) is 0 Å². The van der Waals surface area contributed by atoms with Crippen molar-refractivity contribution in [2.24, 2.45) is 0 Å². The molecule has 2 rings (SSSR count). The highest BCUT2D eigenvalue weighted by Crippen LogP contribution is 2.24. The first kappa shape index (κ1) is 12.4. The lowest BCUT2D eigenvalue weighted by Gasteiger charge is -2.09. The first-order valence-electron chi connectivity index (χ1n) is 4.86. The molecule has 94 valence electrons. The highest BCUT2D eigenvalue weighted by molar-refractivity contribution is 6.28. The minimum absolute atomic E-state index is 0.129. The molecular formula is C10H8ClF2N5. The van der Waals surface area contributed by atoms with Crippen molar-refractivity contribution in [1.29, 1.82) is 0 Å². The fourth-order valence-electron chi connectivity index (χ4n) is 1.30. The Hall–Kier alpha value is -2.02. The van der Waals surface area contributed by atoms with Gasteiger partial charge in [-0.1, -0.05) is 6.07 Å². The van der Waals surface area contributed by atoms with E-state index in [9.17, 15) is 8.78 Å². The zero-order valence-corrected chi connectivity index (χ0v) is 9.96. The standard InChI is InChI=1S/C10H8ClF2N5/c1-4-2-3-5(12)7(6(4)13)15-10-17-8(11)16-9(14)18-10/h2-3H,1H3,(H3,14,15,16,17,18). The van der Waals surface area contributed by atoms with Gasteiger partial charge in [-0.3, -0.25) is 0 Å². The lowest BCUT2D eigenvalue weighted by atomic mass is 10.2. The van der Waals surface area contributed by atoms with Crippen LogP contribution in [0.15, 0.2) is 12.1 Å². The second kappa shape index (κ2) is 4.69. The third-order valence-electron chi connectivity index (χ3n) is 2.15. The molecule has 0 radical (unpaired) electrons. The second-order valence-electron chi connectivity index (χ2n) is 3.46. The van der Waals surface area contributed by atoms with Crippen LogP contribution in [0.25, 0.3) is 0 Å². The van der Waals surface area contributed by atoms with Crippen LogP contribution in [0, 0.1) is 18.6 Å². The summed E-state index contributed by atoms with van der Waals surface area (Å²) in [6.45, 7) is 1.51. The number of aryl methyl sites for hydroxylation is 1. The van der Waals surface area contributed by atoms with Crippen LogP contribution in [0.3, 0.4) is 0 Å². The molecule has 0 bridgehead atoms. The molecule has 18 heavy (non-hydrogen) atoms. The number of nitrogens with two attached hydrogens (primary N) is 1. The number of aromatic nitrogens is 3. The Bertz CT molecular complexity index is 585. The first-order valence-corrected chi connectivity index (χ1v) is 5.24. The van der Waals surface area contributed by atoms with Gasteiger partial charge in [0.05, 0.1) is 0 Å². The quantitative estimate of drug-likeness (QED) is 0.877. The van der Waals surface area contributed by atoms with E-state index in [4.69, 9.17) is 17.3 Å². The molecule has 1 heterocycles. The van der Waals surface area contributed by atoms with Crippen molar-refractivity contribution < 1.29 is 8.78 Å². The molecule has 0 saturated heterocycles. The molecule has 0 saturated carbocycles. The zero-order chi connectivity index (χ0) is 13.3. The number of benzene rings is 1. The Morgan fingerprint density at radius 2 is 1.94 bits per heavy atom. The van der Waals surface area contributed by atoms with Crippen LogP contribution in [-0.2, 0) is 0 Å². The van der Waals surface area contributed by atoms with Crippen LogP contribution in [0.5, 0.6) is 0 Å². The highest BCUT2D eigenvalue weighted by Gasteiger charge is 2.13. The molecular weight excluding hydrogens is 264 g/mol. The maximum absolute atomic E-state index is 13.7. The van der Waals surface area contributed by atoms with Gasteiger partial charge in [-0.05, 0) is 30.2 Å². The van der Waals surface area contributed by atoms with Gasteiger partial charge in [0.25, 0.3) is 0 Å². The van der Waals surface area contributed by atoms with Crippen molar-refractivity contribution in [3.63, 3.8) is 0 Å². The molecule has 0 aliphatic carbocycles. The molecule has 2 aromatic rings. The fraction of sp³-hybridized carbons (Fsp3) is 0.100. The monoisotopic (exact) mass is 271 g/mol. The zero-order valence-electron chi connectivity index (χ0n) is 9.21. The third kappa shape index (κ3) is 2.45. The molecule has 1 aromatic carbocycles. The van der Waals surface area contributed by atoms with Crippen LogP contribution in [-0.4, -0.2) is 15.0 Å². The van der Waals surface area contributed by atoms with E-state index < -0.39 is 11.6 Å². The van der Waals surface area contributed by atoms with Crippen molar-refractivity contribution in [1.82, 2.24) is 15.0 Å². The van der Waals surface area contributed by atoms with Crippen molar-refractivity contribution in [3.8, 4) is 0 Å². The van der Waals surface area contributed by atoms with E-state index in [-0.39, 0.29) is 28.4 Å². The summed E-state index contributed by atoms with van der Waals surface area (Å²) in [5.41, 5.74) is 5.27. The van der Waals surface area contributed by atoms with E-state index in [0.717, 1.165) is 6.07 Å². The Morgan fingerprint density at radius 3 is 2.61 bits per heavy atom. The van der Waals surface area contributed by atoms with Gasteiger partial charge in [0.15, 0.2) is 5.82 Å². The van der Waals surface area contributed by atoms with Gasteiger partial charge >= 0.3 is 0 Å². The van der Waals surface area contributed by atoms with Crippen LogP contribution in [0.4, 0.5) is 26.4 Å². The number of halogens is 3. The predicted molar refractivity (Wildman–Crippen MR) is 63.6 cm³/mol. The van der Waals surface area contributed by atoms with E-state index in [0.29, 0.717) is 0 Å². The number of hydrogen-bond donors (Lipinski definition) is 2. The van der Waals surface area contributed by atoms with Gasteiger partial charge in [-0.2, -0.15) is 15.0 Å². The maximum atomic E-state index is 13.7. The lowest BCUT2D eigenvalue weighted by molar-refractivity contribution is 0.584. The Morgan fingerprint density at radius 1 is 1.22 bits per heavy atom. The summed E-state index contributed by atoms with van der Waals surface area (Å²) in [5.74, 6) is -1.78. The molecule has 3 N–H and O–H groups in total. The largest absolute Gasteiger partial charge is 0.368 e. The minimum Gasteiger partial charge on any atom is -0.368 e. The Kier molecular flexibility index (Phi) is 3.24. The number of nitrogen functional groups attached to an aromatic ring is 1. The SMILES string of the molecule is Cc1ccc(F)c(Nc2nc(N)nc(Cl)n2)c1F. The number of nitrogens with zero attached hydrogens (tertiary/aromatic N) is 3. The topological polar surface area (TPSA) is 76.7 Å². The average molecular weight is 272 g/mol. The van der Waals surface area contributed by atoms with E-state index in [1.165, 1.54) is 13.0 Å². The van der Waals surface area contributed by atoms with Gasteiger partial charge < -0.3 is 11.1 Å². The lowest BCUT2D eigenvalue weighted by Crippen LogP contribution is -2.06. The Labute approximate surface area is 106 Å². The maximum Gasteiger partial charge on any atom is 0.233 e. The molecule has 5 nitrogen and oxygen atoms in total. The number of anilines is 3. The summed E-state index contributed by atoms with van der Waals surface area (Å²) in [6, 6.07) is 2.46. The molecule has 0 spiro atoms. The number of rotatable bonds is 2. The molecule has 0 atom stereocenters. The molecule has 1 aromatic heterocycles. The molecule has 0 amide bonds.